The molecule has 1 aliphatic heterocycles. The second kappa shape index (κ2) is 9.68. The maximum absolute atomic E-state index is 11.5. The minimum absolute atomic E-state index is 0.186. The maximum atomic E-state index is 11.5. The van der Waals surface area contributed by atoms with Gasteiger partial charge in [0, 0.05) is 61.0 Å². The summed E-state index contributed by atoms with van der Waals surface area (Å²) in [5.41, 5.74) is 4.41. The third kappa shape index (κ3) is 5.07. The highest BCUT2D eigenvalue weighted by Gasteiger charge is 2.24. The molecule has 9 heteroatoms. The standard InChI is InChI=1S/C28H34N6O2S/c1-19-7-10-21(11-8-19)34-25-6-4-3-5-22(25)23-17-29-28(32-27(23)34)31-26-12-9-20-18-33(14-13-24(20)30-26)15-16-37(2,35)36/h3-6,9,12,17,19,21H,7-8,10-11,13-16,18H2,1-2H3,(H,29,30,31,32). The Labute approximate surface area is 218 Å². The lowest BCUT2D eigenvalue weighted by molar-refractivity contribution is 0.267. The van der Waals surface area contributed by atoms with Crippen molar-refractivity contribution in [1.82, 2.24) is 24.4 Å². The summed E-state index contributed by atoms with van der Waals surface area (Å²) in [5, 5.41) is 5.64. The molecule has 6 rings (SSSR count). The van der Waals surface area contributed by atoms with Crippen LogP contribution < -0.4 is 5.32 Å². The Morgan fingerprint density at radius 1 is 1.03 bits per heavy atom. The fraction of sp³-hybridized carbons (Fsp3) is 0.464. The number of aromatic nitrogens is 4. The zero-order valence-electron chi connectivity index (χ0n) is 21.5. The first-order valence-electron chi connectivity index (χ1n) is 13.3. The van der Waals surface area contributed by atoms with Crippen LogP contribution in [0, 0.1) is 5.92 Å². The lowest BCUT2D eigenvalue weighted by Gasteiger charge is -2.28. The van der Waals surface area contributed by atoms with E-state index in [1.165, 1.54) is 42.8 Å². The number of benzene rings is 1. The van der Waals surface area contributed by atoms with Gasteiger partial charge in [0.15, 0.2) is 0 Å². The first-order chi connectivity index (χ1) is 17.8. The highest BCUT2D eigenvalue weighted by Crippen LogP contribution is 2.38. The van der Waals surface area contributed by atoms with E-state index in [0.717, 1.165) is 53.5 Å². The van der Waals surface area contributed by atoms with Crippen LogP contribution >= 0.6 is 0 Å². The van der Waals surface area contributed by atoms with Crippen LogP contribution in [0.5, 0.6) is 0 Å². The number of sulfone groups is 1. The summed E-state index contributed by atoms with van der Waals surface area (Å²) < 4.78 is 25.5. The van der Waals surface area contributed by atoms with E-state index >= 15 is 0 Å². The van der Waals surface area contributed by atoms with Gasteiger partial charge in [0.05, 0.1) is 11.3 Å². The number of para-hydroxylation sites is 1. The summed E-state index contributed by atoms with van der Waals surface area (Å²) in [5.74, 6) is 2.26. The predicted octanol–water partition coefficient (Wildman–Crippen LogP) is 4.88. The molecule has 0 saturated heterocycles. The van der Waals surface area contributed by atoms with Crippen molar-refractivity contribution in [3.8, 4) is 0 Å². The van der Waals surface area contributed by atoms with Crippen molar-refractivity contribution in [2.75, 3.05) is 30.4 Å². The smallest absolute Gasteiger partial charge is 0.230 e. The molecule has 2 aliphatic rings. The number of nitrogens with zero attached hydrogens (tertiary/aromatic N) is 5. The molecule has 3 aromatic heterocycles. The van der Waals surface area contributed by atoms with Crippen molar-refractivity contribution in [3.05, 3.63) is 53.9 Å². The van der Waals surface area contributed by atoms with Gasteiger partial charge in [-0.2, -0.15) is 4.98 Å². The van der Waals surface area contributed by atoms with Crippen molar-refractivity contribution >= 4 is 43.5 Å². The second-order valence-electron chi connectivity index (χ2n) is 10.8. The van der Waals surface area contributed by atoms with E-state index in [0.29, 0.717) is 18.5 Å². The average Bonchev–Trinajstić information content (AvgIpc) is 3.21. The molecule has 0 bridgehead atoms. The average molecular weight is 519 g/mol. The maximum Gasteiger partial charge on any atom is 0.230 e. The Morgan fingerprint density at radius 3 is 2.65 bits per heavy atom. The van der Waals surface area contributed by atoms with Gasteiger partial charge in [-0.1, -0.05) is 31.2 Å². The Balaban J connectivity index is 1.27. The van der Waals surface area contributed by atoms with E-state index in [2.05, 4.69) is 57.0 Å². The van der Waals surface area contributed by atoms with E-state index in [-0.39, 0.29) is 5.75 Å². The van der Waals surface area contributed by atoms with Crippen LogP contribution in [0.1, 0.15) is 49.9 Å². The molecule has 0 radical (unpaired) electrons. The van der Waals surface area contributed by atoms with Crippen molar-refractivity contribution in [2.45, 2.75) is 51.6 Å². The molecule has 194 valence electrons. The summed E-state index contributed by atoms with van der Waals surface area (Å²) >= 11 is 0. The van der Waals surface area contributed by atoms with Crippen molar-refractivity contribution in [2.24, 2.45) is 5.92 Å². The molecule has 1 aromatic carbocycles. The first kappa shape index (κ1) is 24.3. The van der Waals surface area contributed by atoms with Gasteiger partial charge in [-0.15, -0.1) is 0 Å². The normalized spacial score (nSPS) is 20.8. The predicted molar refractivity (Wildman–Crippen MR) is 148 cm³/mol. The lowest BCUT2D eigenvalue weighted by Crippen LogP contribution is -2.34. The number of hydrogen-bond donors (Lipinski definition) is 1. The van der Waals surface area contributed by atoms with Crippen LogP contribution in [0.3, 0.4) is 0 Å². The van der Waals surface area contributed by atoms with Crippen LogP contribution in [0.15, 0.2) is 42.6 Å². The molecular formula is C28H34N6O2S. The number of pyridine rings is 1. The first-order valence-corrected chi connectivity index (χ1v) is 15.3. The Kier molecular flexibility index (Phi) is 6.36. The topological polar surface area (TPSA) is 93.0 Å². The zero-order valence-corrected chi connectivity index (χ0v) is 22.3. The molecule has 37 heavy (non-hydrogen) atoms. The minimum Gasteiger partial charge on any atom is -0.322 e. The molecule has 1 saturated carbocycles. The van der Waals surface area contributed by atoms with Crippen LogP contribution in [0.4, 0.5) is 11.8 Å². The van der Waals surface area contributed by atoms with E-state index in [1.54, 1.807) is 0 Å². The van der Waals surface area contributed by atoms with Gasteiger partial charge in [0.25, 0.3) is 0 Å². The van der Waals surface area contributed by atoms with Gasteiger partial charge in [-0.25, -0.2) is 18.4 Å². The summed E-state index contributed by atoms with van der Waals surface area (Å²) in [7, 11) is -2.96. The molecular weight excluding hydrogens is 484 g/mol. The van der Waals surface area contributed by atoms with E-state index in [4.69, 9.17) is 9.97 Å². The van der Waals surface area contributed by atoms with Crippen molar-refractivity contribution < 1.29 is 8.42 Å². The van der Waals surface area contributed by atoms with Gasteiger partial charge < -0.3 is 9.88 Å². The van der Waals surface area contributed by atoms with Gasteiger partial charge >= 0.3 is 0 Å². The monoisotopic (exact) mass is 518 g/mol. The molecule has 0 spiro atoms. The van der Waals surface area contributed by atoms with Gasteiger partial charge in [0.2, 0.25) is 5.95 Å². The van der Waals surface area contributed by atoms with Crippen LogP contribution in [0.25, 0.3) is 21.9 Å². The van der Waals surface area contributed by atoms with Gasteiger partial charge in [-0.3, -0.25) is 4.90 Å². The number of fused-ring (bicyclic) bond motifs is 4. The Hall–Kier alpha value is -3.04. The Bertz CT molecular complexity index is 1560. The van der Waals surface area contributed by atoms with E-state index < -0.39 is 9.84 Å². The molecule has 1 aliphatic carbocycles. The lowest BCUT2D eigenvalue weighted by atomic mass is 9.87. The number of anilines is 2. The Morgan fingerprint density at radius 2 is 1.84 bits per heavy atom. The fourth-order valence-electron chi connectivity index (χ4n) is 5.85. The molecule has 0 amide bonds. The minimum atomic E-state index is -2.96. The van der Waals surface area contributed by atoms with Crippen LogP contribution in [-0.4, -0.2) is 57.9 Å². The molecule has 8 nitrogen and oxygen atoms in total. The number of nitrogens with one attached hydrogen (secondary N) is 1. The quantitative estimate of drug-likeness (QED) is 0.389. The molecule has 0 atom stereocenters. The number of rotatable bonds is 6. The van der Waals surface area contributed by atoms with Gasteiger partial charge in [-0.05, 0) is 49.3 Å². The largest absolute Gasteiger partial charge is 0.322 e. The summed E-state index contributed by atoms with van der Waals surface area (Å²) in [6, 6.07) is 13.1. The van der Waals surface area contributed by atoms with Crippen molar-refractivity contribution in [1.29, 1.82) is 0 Å². The van der Waals surface area contributed by atoms with E-state index in [9.17, 15) is 8.42 Å². The van der Waals surface area contributed by atoms with Crippen LogP contribution in [0.2, 0.25) is 0 Å². The van der Waals surface area contributed by atoms with Gasteiger partial charge in [0.1, 0.15) is 21.3 Å². The fourth-order valence-corrected chi connectivity index (χ4v) is 6.44. The molecule has 1 fully saturated rings. The molecule has 4 aromatic rings. The second-order valence-corrected chi connectivity index (χ2v) is 13.1. The van der Waals surface area contributed by atoms with Crippen LogP contribution in [-0.2, 0) is 22.8 Å². The summed E-state index contributed by atoms with van der Waals surface area (Å²) in [6.45, 7) is 4.44. The highest BCUT2D eigenvalue weighted by atomic mass is 32.2. The third-order valence-electron chi connectivity index (χ3n) is 7.95. The number of hydrogen-bond acceptors (Lipinski definition) is 7. The zero-order chi connectivity index (χ0) is 25.6. The SMILES string of the molecule is CC1CCC(n2c3ccccc3c3cnc(Nc4ccc5c(n4)CCN(CCS(C)(=O)=O)C5)nc32)CC1. The third-order valence-corrected chi connectivity index (χ3v) is 8.87. The molecule has 0 unspecified atom stereocenters. The molecule has 1 N–H and O–H groups in total. The molecule has 4 heterocycles. The highest BCUT2D eigenvalue weighted by molar-refractivity contribution is 7.90. The summed E-state index contributed by atoms with van der Waals surface area (Å²) in [6.07, 6.45) is 8.87. The van der Waals surface area contributed by atoms with E-state index in [1.807, 2.05) is 12.3 Å². The van der Waals surface area contributed by atoms with Crippen molar-refractivity contribution in [3.63, 3.8) is 0 Å². The summed E-state index contributed by atoms with van der Waals surface area (Å²) in [4.78, 5) is 16.7.